The van der Waals surface area contributed by atoms with Crippen molar-refractivity contribution in [1.82, 2.24) is 15.4 Å². The molecular formula is C11H9F3N4O3. The highest BCUT2D eigenvalue weighted by atomic mass is 19.4. The lowest BCUT2D eigenvalue weighted by Gasteiger charge is -2.12. The molecule has 0 saturated heterocycles. The molecule has 0 atom stereocenters. The molecule has 0 aliphatic rings. The SMILES string of the molecule is COc1ccc(OC(F)(F)F)cc1-c1n[nH]nc1C(N)=O. The lowest BCUT2D eigenvalue weighted by Crippen LogP contribution is -2.17. The minimum absolute atomic E-state index is 0.0352. The summed E-state index contributed by atoms with van der Waals surface area (Å²) in [6.45, 7) is 0. The summed E-state index contributed by atoms with van der Waals surface area (Å²) in [4.78, 5) is 11.2. The molecule has 0 aliphatic heterocycles. The molecule has 2 rings (SSSR count). The molecule has 1 aromatic carbocycles. The number of primary amides is 1. The van der Waals surface area contributed by atoms with Crippen LogP contribution in [0.2, 0.25) is 0 Å². The van der Waals surface area contributed by atoms with Crippen LogP contribution < -0.4 is 15.2 Å². The average molecular weight is 302 g/mol. The summed E-state index contributed by atoms with van der Waals surface area (Å²) >= 11 is 0. The molecule has 0 unspecified atom stereocenters. The molecule has 3 N–H and O–H groups in total. The Balaban J connectivity index is 2.52. The van der Waals surface area contributed by atoms with E-state index in [1.165, 1.54) is 13.2 Å². The van der Waals surface area contributed by atoms with Crippen LogP contribution in [0.1, 0.15) is 10.5 Å². The van der Waals surface area contributed by atoms with Crippen LogP contribution in [0.25, 0.3) is 11.3 Å². The molecule has 1 heterocycles. The van der Waals surface area contributed by atoms with Crippen LogP contribution in [0, 0.1) is 0 Å². The van der Waals surface area contributed by atoms with Gasteiger partial charge in [-0.05, 0) is 18.2 Å². The number of ether oxygens (including phenoxy) is 2. The summed E-state index contributed by atoms with van der Waals surface area (Å²) in [5.74, 6) is -1.19. The third-order valence-electron chi connectivity index (χ3n) is 2.44. The van der Waals surface area contributed by atoms with E-state index in [1.54, 1.807) is 0 Å². The first-order valence-electron chi connectivity index (χ1n) is 5.46. The van der Waals surface area contributed by atoms with Gasteiger partial charge in [-0.2, -0.15) is 15.4 Å². The number of nitrogens with zero attached hydrogens (tertiary/aromatic N) is 2. The average Bonchev–Trinajstić information content (AvgIpc) is 2.85. The van der Waals surface area contributed by atoms with Crippen molar-refractivity contribution in [2.45, 2.75) is 6.36 Å². The van der Waals surface area contributed by atoms with E-state index in [1.807, 2.05) is 0 Å². The number of methoxy groups -OCH3 is 1. The Morgan fingerprint density at radius 2 is 2.05 bits per heavy atom. The van der Waals surface area contributed by atoms with Crippen LogP contribution in [-0.4, -0.2) is 34.8 Å². The van der Waals surface area contributed by atoms with Gasteiger partial charge in [-0.15, -0.1) is 13.2 Å². The second-order valence-corrected chi connectivity index (χ2v) is 3.79. The van der Waals surface area contributed by atoms with Gasteiger partial charge >= 0.3 is 6.36 Å². The minimum atomic E-state index is -4.85. The maximum atomic E-state index is 12.2. The molecule has 0 radical (unpaired) electrons. The van der Waals surface area contributed by atoms with E-state index >= 15 is 0 Å². The lowest BCUT2D eigenvalue weighted by atomic mass is 10.1. The van der Waals surface area contributed by atoms with Gasteiger partial charge in [0.05, 0.1) is 12.7 Å². The van der Waals surface area contributed by atoms with Crippen LogP contribution >= 0.6 is 0 Å². The Hall–Kier alpha value is -2.78. The summed E-state index contributed by atoms with van der Waals surface area (Å²) in [6, 6.07) is 3.34. The molecule has 0 fully saturated rings. The predicted octanol–water partition coefficient (Wildman–Crippen LogP) is 1.48. The van der Waals surface area contributed by atoms with Crippen molar-refractivity contribution in [3.63, 3.8) is 0 Å². The highest BCUT2D eigenvalue weighted by Crippen LogP contribution is 2.35. The van der Waals surface area contributed by atoms with E-state index in [2.05, 4.69) is 20.1 Å². The summed E-state index contributed by atoms with van der Waals surface area (Å²) in [5.41, 5.74) is 4.94. The van der Waals surface area contributed by atoms with Crippen LogP contribution in [0.5, 0.6) is 11.5 Å². The minimum Gasteiger partial charge on any atom is -0.496 e. The Morgan fingerprint density at radius 1 is 1.33 bits per heavy atom. The zero-order chi connectivity index (χ0) is 15.6. The van der Waals surface area contributed by atoms with Gasteiger partial charge in [0.2, 0.25) is 0 Å². The number of hydrogen-bond acceptors (Lipinski definition) is 5. The van der Waals surface area contributed by atoms with Gasteiger partial charge in [-0.3, -0.25) is 4.79 Å². The third kappa shape index (κ3) is 3.22. The second-order valence-electron chi connectivity index (χ2n) is 3.79. The normalized spacial score (nSPS) is 11.2. The van der Waals surface area contributed by atoms with Gasteiger partial charge in [0.15, 0.2) is 5.69 Å². The van der Waals surface area contributed by atoms with Crippen LogP contribution in [0.15, 0.2) is 18.2 Å². The Labute approximate surface area is 115 Å². The van der Waals surface area contributed by atoms with Crippen LogP contribution in [0.3, 0.4) is 0 Å². The Bertz CT molecular complexity index is 669. The third-order valence-corrected chi connectivity index (χ3v) is 2.44. The standard InChI is InChI=1S/C11H9F3N4O3/c1-20-7-3-2-5(21-11(12,13)14)4-6(7)8-9(10(15)19)17-18-16-8/h2-4H,1H3,(H2,15,19)(H,16,17,18). The first-order chi connectivity index (χ1) is 9.81. The number of aromatic nitrogens is 3. The number of amides is 1. The molecule has 0 bridgehead atoms. The van der Waals surface area contributed by atoms with E-state index in [0.29, 0.717) is 0 Å². The van der Waals surface area contributed by atoms with Crippen molar-refractivity contribution in [2.75, 3.05) is 7.11 Å². The molecule has 2 aromatic rings. The zero-order valence-corrected chi connectivity index (χ0v) is 10.6. The first kappa shape index (κ1) is 14.6. The molecule has 1 aromatic heterocycles. The number of aromatic amines is 1. The van der Waals surface area contributed by atoms with E-state index in [0.717, 1.165) is 12.1 Å². The largest absolute Gasteiger partial charge is 0.573 e. The molecule has 1 amide bonds. The summed E-state index contributed by atoms with van der Waals surface area (Å²) < 4.78 is 45.6. The number of carbonyl (C=O) groups is 1. The van der Waals surface area contributed by atoms with Crippen LogP contribution in [-0.2, 0) is 0 Å². The van der Waals surface area contributed by atoms with E-state index in [9.17, 15) is 18.0 Å². The number of nitrogens with two attached hydrogens (primary N) is 1. The molecule has 7 nitrogen and oxygen atoms in total. The van der Waals surface area contributed by atoms with Crippen molar-refractivity contribution in [1.29, 1.82) is 0 Å². The molecule has 0 spiro atoms. The van der Waals surface area contributed by atoms with Crippen molar-refractivity contribution < 1.29 is 27.4 Å². The number of alkyl halides is 3. The first-order valence-corrected chi connectivity index (χ1v) is 5.46. The van der Waals surface area contributed by atoms with Crippen LogP contribution in [0.4, 0.5) is 13.2 Å². The second kappa shape index (κ2) is 5.31. The maximum absolute atomic E-state index is 12.2. The fourth-order valence-electron chi connectivity index (χ4n) is 1.66. The zero-order valence-electron chi connectivity index (χ0n) is 10.6. The highest BCUT2D eigenvalue weighted by molar-refractivity contribution is 5.97. The topological polar surface area (TPSA) is 103 Å². The van der Waals surface area contributed by atoms with Crippen molar-refractivity contribution in [2.24, 2.45) is 5.73 Å². The summed E-state index contributed by atoms with van der Waals surface area (Å²) in [7, 11) is 1.31. The maximum Gasteiger partial charge on any atom is 0.573 e. The van der Waals surface area contributed by atoms with E-state index in [-0.39, 0.29) is 22.7 Å². The monoisotopic (exact) mass is 302 g/mol. The number of rotatable bonds is 4. The molecule has 0 saturated carbocycles. The molecular weight excluding hydrogens is 293 g/mol. The van der Waals surface area contributed by atoms with Gasteiger partial charge in [-0.1, -0.05) is 0 Å². The number of carbonyl (C=O) groups excluding carboxylic acids is 1. The van der Waals surface area contributed by atoms with Crippen molar-refractivity contribution in [3.05, 3.63) is 23.9 Å². The number of halogens is 3. The van der Waals surface area contributed by atoms with Crippen molar-refractivity contribution in [3.8, 4) is 22.8 Å². The van der Waals surface area contributed by atoms with Crippen molar-refractivity contribution >= 4 is 5.91 Å². The number of hydrogen-bond donors (Lipinski definition) is 2. The summed E-state index contributed by atoms with van der Waals surface area (Å²) in [5, 5.41) is 9.42. The van der Waals surface area contributed by atoms with E-state index < -0.39 is 18.0 Å². The van der Waals surface area contributed by atoms with Gasteiger partial charge in [-0.25, -0.2) is 0 Å². The van der Waals surface area contributed by atoms with Gasteiger partial charge in [0, 0.05) is 0 Å². The van der Waals surface area contributed by atoms with Gasteiger partial charge in [0.25, 0.3) is 5.91 Å². The number of benzene rings is 1. The fourth-order valence-corrected chi connectivity index (χ4v) is 1.66. The lowest BCUT2D eigenvalue weighted by molar-refractivity contribution is -0.274. The van der Waals surface area contributed by atoms with Gasteiger partial charge in [0.1, 0.15) is 17.2 Å². The molecule has 10 heteroatoms. The fraction of sp³-hybridized carbons (Fsp3) is 0.182. The van der Waals surface area contributed by atoms with Gasteiger partial charge < -0.3 is 15.2 Å². The Morgan fingerprint density at radius 3 is 2.62 bits per heavy atom. The van der Waals surface area contributed by atoms with E-state index in [4.69, 9.17) is 10.5 Å². The molecule has 112 valence electrons. The number of nitrogens with one attached hydrogen (secondary N) is 1. The molecule has 21 heavy (non-hydrogen) atoms. The predicted molar refractivity (Wildman–Crippen MR) is 63.6 cm³/mol. The smallest absolute Gasteiger partial charge is 0.496 e. The molecule has 0 aliphatic carbocycles. The quantitative estimate of drug-likeness (QED) is 0.890. The number of H-pyrrole nitrogens is 1. The summed E-state index contributed by atoms with van der Waals surface area (Å²) in [6.07, 6.45) is -4.85. The Kier molecular flexibility index (Phi) is 3.70. The highest BCUT2D eigenvalue weighted by Gasteiger charge is 2.31.